The third kappa shape index (κ3) is 5.17. The summed E-state index contributed by atoms with van der Waals surface area (Å²) in [6, 6.07) is 6.99. The van der Waals surface area contributed by atoms with Crippen molar-refractivity contribution in [2.75, 3.05) is 12.3 Å². The number of hydrogen-bond donors (Lipinski definition) is 2. The maximum absolute atomic E-state index is 12.0. The highest BCUT2D eigenvalue weighted by molar-refractivity contribution is 5.77. The van der Waals surface area contributed by atoms with Gasteiger partial charge in [0.15, 0.2) is 0 Å². The Labute approximate surface area is 118 Å². The Morgan fingerprint density at radius 1 is 1.30 bits per heavy atom. The van der Waals surface area contributed by atoms with E-state index in [4.69, 9.17) is 15.6 Å². The van der Waals surface area contributed by atoms with Gasteiger partial charge in [0.1, 0.15) is 12.1 Å². The number of ether oxygens (including phenoxy) is 1. The highest BCUT2D eigenvalue weighted by Gasteiger charge is 2.24. The van der Waals surface area contributed by atoms with E-state index in [1.54, 1.807) is 45.0 Å². The maximum Gasteiger partial charge on any atom is 0.411 e. The van der Waals surface area contributed by atoms with Crippen molar-refractivity contribution in [1.82, 2.24) is 4.90 Å². The summed E-state index contributed by atoms with van der Waals surface area (Å²) >= 11 is 0. The molecule has 0 bridgehead atoms. The number of rotatable bonds is 4. The number of carbonyl (C=O) groups is 2. The van der Waals surface area contributed by atoms with Crippen LogP contribution in [-0.4, -0.2) is 34.2 Å². The zero-order valence-corrected chi connectivity index (χ0v) is 11.9. The molecule has 20 heavy (non-hydrogen) atoms. The molecule has 1 aromatic carbocycles. The van der Waals surface area contributed by atoms with E-state index in [-0.39, 0.29) is 6.54 Å². The summed E-state index contributed by atoms with van der Waals surface area (Å²) in [5, 5.41) is 8.90. The molecule has 3 N–H and O–H groups in total. The van der Waals surface area contributed by atoms with Gasteiger partial charge in [-0.25, -0.2) is 4.79 Å². The lowest BCUT2D eigenvalue weighted by atomic mass is 10.1. The van der Waals surface area contributed by atoms with Crippen molar-refractivity contribution in [1.29, 1.82) is 0 Å². The number of para-hydroxylation sites is 1. The van der Waals surface area contributed by atoms with Crippen LogP contribution in [0.2, 0.25) is 0 Å². The number of hydrogen-bond acceptors (Lipinski definition) is 4. The van der Waals surface area contributed by atoms with Crippen LogP contribution in [-0.2, 0) is 16.1 Å². The molecule has 1 rings (SSSR count). The fraction of sp³-hybridized carbons (Fsp3) is 0.429. The predicted molar refractivity (Wildman–Crippen MR) is 75.1 cm³/mol. The van der Waals surface area contributed by atoms with Gasteiger partial charge in [0.05, 0.1) is 6.54 Å². The molecular weight excluding hydrogens is 260 g/mol. The molecule has 6 heteroatoms. The van der Waals surface area contributed by atoms with Gasteiger partial charge in [0.2, 0.25) is 0 Å². The van der Waals surface area contributed by atoms with Gasteiger partial charge in [-0.15, -0.1) is 0 Å². The summed E-state index contributed by atoms with van der Waals surface area (Å²) in [6.07, 6.45) is -0.678. The Morgan fingerprint density at radius 2 is 1.90 bits per heavy atom. The van der Waals surface area contributed by atoms with Crippen molar-refractivity contribution < 1.29 is 19.4 Å². The number of anilines is 1. The SMILES string of the molecule is CC(C)(C)OC(=O)N(CC(=O)O)Cc1ccccc1N. The molecule has 0 saturated heterocycles. The molecule has 0 unspecified atom stereocenters. The van der Waals surface area contributed by atoms with E-state index in [9.17, 15) is 9.59 Å². The number of aliphatic carboxylic acids is 1. The fourth-order valence-corrected chi connectivity index (χ4v) is 1.56. The molecule has 0 aliphatic heterocycles. The van der Waals surface area contributed by atoms with Gasteiger partial charge < -0.3 is 15.6 Å². The third-order valence-electron chi connectivity index (χ3n) is 2.39. The van der Waals surface area contributed by atoms with Crippen molar-refractivity contribution in [2.24, 2.45) is 0 Å². The van der Waals surface area contributed by atoms with Crippen molar-refractivity contribution in [3.05, 3.63) is 29.8 Å². The minimum atomic E-state index is -1.11. The van der Waals surface area contributed by atoms with Gasteiger partial charge in [0, 0.05) is 5.69 Å². The van der Waals surface area contributed by atoms with Gasteiger partial charge >= 0.3 is 12.1 Å². The molecule has 0 aromatic heterocycles. The van der Waals surface area contributed by atoms with Crippen LogP contribution in [0.25, 0.3) is 0 Å². The molecule has 0 saturated carbocycles. The number of carboxylic acids is 1. The molecule has 0 radical (unpaired) electrons. The van der Waals surface area contributed by atoms with Crippen LogP contribution in [0, 0.1) is 0 Å². The number of carboxylic acid groups (broad SMARTS) is 1. The quantitative estimate of drug-likeness (QED) is 0.824. The first-order valence-corrected chi connectivity index (χ1v) is 6.22. The van der Waals surface area contributed by atoms with Crippen LogP contribution in [0.15, 0.2) is 24.3 Å². The first-order valence-electron chi connectivity index (χ1n) is 6.22. The summed E-state index contributed by atoms with van der Waals surface area (Å²) in [5.41, 5.74) is 6.30. The number of carbonyl (C=O) groups excluding carboxylic acids is 1. The lowest BCUT2D eigenvalue weighted by Crippen LogP contribution is -2.39. The Kier molecular flexibility index (Phi) is 4.96. The van der Waals surface area contributed by atoms with E-state index in [1.165, 1.54) is 0 Å². The first-order chi connectivity index (χ1) is 9.19. The Morgan fingerprint density at radius 3 is 2.40 bits per heavy atom. The molecule has 6 nitrogen and oxygen atoms in total. The van der Waals surface area contributed by atoms with E-state index in [1.807, 2.05) is 0 Å². The summed E-state index contributed by atoms with van der Waals surface area (Å²) < 4.78 is 5.20. The summed E-state index contributed by atoms with van der Waals surface area (Å²) in [5.74, 6) is -1.11. The zero-order chi connectivity index (χ0) is 15.3. The summed E-state index contributed by atoms with van der Waals surface area (Å²) in [6.45, 7) is 4.82. The van der Waals surface area contributed by atoms with Gasteiger partial charge in [-0.05, 0) is 32.4 Å². The second kappa shape index (κ2) is 6.27. The van der Waals surface area contributed by atoms with E-state index < -0.39 is 24.2 Å². The summed E-state index contributed by atoms with van der Waals surface area (Å²) in [7, 11) is 0. The molecule has 0 fully saturated rings. The molecular formula is C14H20N2O4. The van der Waals surface area contributed by atoms with E-state index in [0.29, 0.717) is 11.3 Å². The highest BCUT2D eigenvalue weighted by Crippen LogP contribution is 2.16. The number of nitrogens with two attached hydrogens (primary N) is 1. The Balaban J connectivity index is 2.87. The molecule has 110 valence electrons. The predicted octanol–water partition coefficient (Wildman–Crippen LogP) is 2.09. The normalized spacial score (nSPS) is 10.9. The second-order valence-corrected chi connectivity index (χ2v) is 5.43. The Hall–Kier alpha value is -2.24. The molecule has 0 spiro atoms. The van der Waals surface area contributed by atoms with Crippen molar-refractivity contribution in [3.8, 4) is 0 Å². The standard InChI is InChI=1S/C14H20N2O4/c1-14(2,3)20-13(19)16(9-12(17)18)8-10-6-4-5-7-11(10)15/h4-7H,8-9,15H2,1-3H3,(H,17,18). The monoisotopic (exact) mass is 280 g/mol. The molecule has 0 aliphatic carbocycles. The van der Waals surface area contributed by atoms with Crippen LogP contribution in [0.1, 0.15) is 26.3 Å². The molecule has 1 amide bonds. The van der Waals surface area contributed by atoms with Crippen molar-refractivity contribution >= 4 is 17.7 Å². The highest BCUT2D eigenvalue weighted by atomic mass is 16.6. The number of nitrogen functional groups attached to an aromatic ring is 1. The molecule has 0 aliphatic rings. The van der Waals surface area contributed by atoms with Crippen LogP contribution in [0.3, 0.4) is 0 Å². The van der Waals surface area contributed by atoms with Crippen LogP contribution >= 0.6 is 0 Å². The lowest BCUT2D eigenvalue weighted by Gasteiger charge is -2.26. The molecule has 1 aromatic rings. The third-order valence-corrected chi connectivity index (χ3v) is 2.39. The average Bonchev–Trinajstić information content (AvgIpc) is 2.28. The molecule has 0 heterocycles. The largest absolute Gasteiger partial charge is 0.480 e. The van der Waals surface area contributed by atoms with Gasteiger partial charge in [-0.3, -0.25) is 9.69 Å². The van der Waals surface area contributed by atoms with Gasteiger partial charge in [0.25, 0.3) is 0 Å². The first kappa shape index (κ1) is 15.8. The summed E-state index contributed by atoms with van der Waals surface area (Å²) in [4.78, 5) is 24.0. The molecule has 0 atom stereocenters. The minimum Gasteiger partial charge on any atom is -0.480 e. The number of amides is 1. The van der Waals surface area contributed by atoms with Crippen LogP contribution in [0.4, 0.5) is 10.5 Å². The van der Waals surface area contributed by atoms with E-state index in [0.717, 1.165) is 4.90 Å². The minimum absolute atomic E-state index is 0.0912. The van der Waals surface area contributed by atoms with Gasteiger partial charge in [-0.2, -0.15) is 0 Å². The van der Waals surface area contributed by atoms with E-state index in [2.05, 4.69) is 0 Å². The smallest absolute Gasteiger partial charge is 0.411 e. The fourth-order valence-electron chi connectivity index (χ4n) is 1.56. The average molecular weight is 280 g/mol. The van der Waals surface area contributed by atoms with Crippen LogP contribution < -0.4 is 5.73 Å². The maximum atomic E-state index is 12.0. The number of benzene rings is 1. The van der Waals surface area contributed by atoms with Gasteiger partial charge in [-0.1, -0.05) is 18.2 Å². The van der Waals surface area contributed by atoms with Crippen molar-refractivity contribution in [2.45, 2.75) is 32.9 Å². The zero-order valence-electron chi connectivity index (χ0n) is 11.9. The van der Waals surface area contributed by atoms with E-state index >= 15 is 0 Å². The topological polar surface area (TPSA) is 92.9 Å². The second-order valence-electron chi connectivity index (χ2n) is 5.43. The number of nitrogens with zero attached hydrogens (tertiary/aromatic N) is 1. The lowest BCUT2D eigenvalue weighted by molar-refractivity contribution is -0.138. The van der Waals surface area contributed by atoms with Crippen LogP contribution in [0.5, 0.6) is 0 Å². The Bertz CT molecular complexity index is 494. The van der Waals surface area contributed by atoms with Crippen molar-refractivity contribution in [3.63, 3.8) is 0 Å².